The number of fused-ring (bicyclic) bond motifs is 2. The highest BCUT2D eigenvalue weighted by atomic mass is 79.9. The first-order valence-electron chi connectivity index (χ1n) is 11.6. The summed E-state index contributed by atoms with van der Waals surface area (Å²) in [6.45, 7) is 0.431. The van der Waals surface area contributed by atoms with Gasteiger partial charge in [-0.3, -0.25) is 4.79 Å². The molecule has 1 heterocycles. The van der Waals surface area contributed by atoms with Gasteiger partial charge in [-0.1, -0.05) is 18.6 Å². The molecule has 1 spiro atoms. The molecule has 1 saturated carbocycles. The second-order valence-corrected chi connectivity index (χ2v) is 9.84. The first-order valence-corrected chi connectivity index (χ1v) is 12.4. The van der Waals surface area contributed by atoms with Crippen molar-refractivity contribution in [2.75, 3.05) is 12.0 Å². The molecule has 5 nitrogen and oxygen atoms in total. The van der Waals surface area contributed by atoms with Crippen LogP contribution in [0.2, 0.25) is 0 Å². The van der Waals surface area contributed by atoms with Gasteiger partial charge in [-0.05, 0) is 88.6 Å². The zero-order chi connectivity index (χ0) is 25.4. The lowest BCUT2D eigenvalue weighted by Crippen LogP contribution is -2.44. The number of allylic oxidation sites excluding steroid dienone is 1. The number of benzene rings is 3. The molecule has 2 aliphatic rings. The highest BCUT2D eigenvalue weighted by Crippen LogP contribution is 2.56. The summed E-state index contributed by atoms with van der Waals surface area (Å²) in [5.41, 5.74) is 8.92. The number of carbonyl (C=O) groups is 1. The van der Waals surface area contributed by atoms with Crippen molar-refractivity contribution in [3.8, 4) is 5.75 Å². The zero-order valence-electron chi connectivity index (χ0n) is 19.6. The predicted molar refractivity (Wildman–Crippen MR) is 140 cm³/mol. The fourth-order valence-electron chi connectivity index (χ4n) is 4.93. The van der Waals surface area contributed by atoms with Gasteiger partial charge >= 0.3 is 0 Å². The molecule has 0 saturated heterocycles. The molecule has 0 unspecified atom stereocenters. The van der Waals surface area contributed by atoms with Crippen molar-refractivity contribution in [3.05, 3.63) is 99.7 Å². The van der Waals surface area contributed by atoms with Crippen LogP contribution in [0.3, 0.4) is 0 Å². The van der Waals surface area contributed by atoms with E-state index in [1.54, 1.807) is 13.2 Å². The van der Waals surface area contributed by atoms with Crippen LogP contribution in [-0.2, 0) is 16.8 Å². The van der Waals surface area contributed by atoms with Gasteiger partial charge in [0.25, 0.3) is 0 Å². The minimum Gasteiger partial charge on any atom is -0.497 e. The average molecular weight is 552 g/mol. The number of nitrogens with two attached hydrogens (primary N) is 1. The summed E-state index contributed by atoms with van der Waals surface area (Å²) < 4.78 is 33.7. The van der Waals surface area contributed by atoms with Crippen molar-refractivity contribution in [1.29, 1.82) is 0 Å². The van der Waals surface area contributed by atoms with E-state index in [0.717, 1.165) is 58.4 Å². The minimum absolute atomic E-state index is 0.00307. The van der Waals surface area contributed by atoms with Crippen LogP contribution >= 0.6 is 15.9 Å². The van der Waals surface area contributed by atoms with Gasteiger partial charge < -0.3 is 15.4 Å². The van der Waals surface area contributed by atoms with E-state index < -0.39 is 17.0 Å². The molecule has 36 heavy (non-hydrogen) atoms. The van der Waals surface area contributed by atoms with Crippen molar-refractivity contribution < 1.29 is 18.3 Å². The number of hydrogen-bond donors (Lipinski definition) is 1. The molecule has 0 atom stereocenters. The molecule has 1 amide bonds. The van der Waals surface area contributed by atoms with Crippen LogP contribution in [-0.4, -0.2) is 18.7 Å². The molecule has 2 N–H and O–H groups in total. The first kappa shape index (κ1) is 24.2. The number of hydrogen-bond acceptors (Lipinski definition) is 4. The van der Waals surface area contributed by atoms with Crippen molar-refractivity contribution in [1.82, 2.24) is 0 Å². The van der Waals surface area contributed by atoms with Crippen LogP contribution < -0.4 is 15.4 Å². The van der Waals surface area contributed by atoms with Crippen LogP contribution in [0.5, 0.6) is 5.75 Å². The summed E-state index contributed by atoms with van der Waals surface area (Å²) in [5.74, 6) is -0.611. The first-order chi connectivity index (χ1) is 17.4. The van der Waals surface area contributed by atoms with E-state index in [4.69, 9.17) is 10.5 Å². The second kappa shape index (κ2) is 9.50. The van der Waals surface area contributed by atoms with Crippen LogP contribution in [0.25, 0.3) is 0 Å². The Morgan fingerprint density at radius 1 is 1.17 bits per heavy atom. The number of halogens is 3. The number of anilines is 1. The topological polar surface area (TPSA) is 67.9 Å². The van der Waals surface area contributed by atoms with E-state index in [1.165, 1.54) is 12.3 Å². The molecule has 1 fully saturated rings. The number of carbonyl (C=O) groups excluding carboxylic acids is 1. The normalized spacial score (nSPS) is 16.5. The van der Waals surface area contributed by atoms with Crippen molar-refractivity contribution in [2.24, 2.45) is 10.7 Å². The quantitative estimate of drug-likeness (QED) is 0.365. The molecular formula is C28H24BrF2N3O2. The van der Waals surface area contributed by atoms with Crippen LogP contribution in [0.1, 0.15) is 36.0 Å². The average Bonchev–Trinajstić information content (AvgIpc) is 3.09. The Labute approximate surface area is 216 Å². The number of amides is 1. The molecule has 5 rings (SSSR count). The number of nitrogens with zero attached hydrogens (tertiary/aromatic N) is 2. The third-order valence-electron chi connectivity index (χ3n) is 6.91. The Hall–Kier alpha value is -3.52. The highest BCUT2D eigenvalue weighted by molar-refractivity contribution is 9.10. The molecule has 0 bridgehead atoms. The Morgan fingerprint density at radius 3 is 2.53 bits per heavy atom. The number of aliphatic imine (C=N–C) groups is 1. The Kier molecular flexibility index (Phi) is 6.38. The minimum atomic E-state index is -0.769. The summed E-state index contributed by atoms with van der Waals surface area (Å²) in [6.07, 6.45) is 5.38. The highest BCUT2D eigenvalue weighted by Gasteiger charge is 2.55. The molecule has 3 aromatic carbocycles. The SMILES string of the molecule is COc1ccc(CN2C(=O)C3(CCC3)c3cc(C(C=CN)=Nc4ccc(F)cc4F)cc(Br)c32)cc1. The lowest BCUT2D eigenvalue weighted by molar-refractivity contribution is -0.126. The lowest BCUT2D eigenvalue weighted by atomic mass is 9.65. The van der Waals surface area contributed by atoms with E-state index in [9.17, 15) is 13.6 Å². The maximum absolute atomic E-state index is 14.3. The van der Waals surface area contributed by atoms with E-state index >= 15 is 0 Å². The van der Waals surface area contributed by atoms with Crippen LogP contribution in [0, 0.1) is 11.6 Å². The monoisotopic (exact) mass is 551 g/mol. The zero-order valence-corrected chi connectivity index (χ0v) is 21.2. The molecule has 1 aliphatic carbocycles. The van der Waals surface area contributed by atoms with Crippen molar-refractivity contribution >= 4 is 38.9 Å². The summed E-state index contributed by atoms with van der Waals surface area (Å²) in [7, 11) is 1.62. The fraction of sp³-hybridized carbons (Fsp3) is 0.214. The standard InChI is InChI=1S/C28H24BrF2N3O2/c1-36-20-6-3-17(4-7-20)16-34-26-21(28(27(34)35)10-2-11-28)13-18(14-22(26)29)24(9-12-32)33-25-8-5-19(30)15-23(25)31/h3-9,12-15H,2,10-11,16,32H2,1H3. The Balaban J connectivity index is 1.59. The van der Waals surface area contributed by atoms with Crippen LogP contribution in [0.4, 0.5) is 20.2 Å². The molecule has 0 radical (unpaired) electrons. The summed E-state index contributed by atoms with van der Waals surface area (Å²) in [6, 6.07) is 14.7. The molecule has 0 aromatic heterocycles. The van der Waals surface area contributed by atoms with E-state index in [2.05, 4.69) is 20.9 Å². The lowest BCUT2D eigenvalue weighted by Gasteiger charge is -2.37. The largest absolute Gasteiger partial charge is 0.497 e. The maximum atomic E-state index is 14.3. The van der Waals surface area contributed by atoms with Gasteiger partial charge in [0.05, 0.1) is 36.2 Å². The van der Waals surface area contributed by atoms with Gasteiger partial charge in [0.1, 0.15) is 11.6 Å². The van der Waals surface area contributed by atoms with E-state index in [0.29, 0.717) is 17.8 Å². The molecule has 184 valence electrons. The fourth-order valence-corrected chi connectivity index (χ4v) is 5.60. The van der Waals surface area contributed by atoms with Gasteiger partial charge in [0.15, 0.2) is 5.82 Å². The molecular weight excluding hydrogens is 528 g/mol. The van der Waals surface area contributed by atoms with E-state index in [-0.39, 0.29) is 11.6 Å². The van der Waals surface area contributed by atoms with Crippen LogP contribution in [0.15, 0.2) is 76.3 Å². The summed E-state index contributed by atoms with van der Waals surface area (Å²) >= 11 is 3.69. The number of rotatable bonds is 6. The molecule has 3 aromatic rings. The smallest absolute Gasteiger partial charge is 0.238 e. The van der Waals surface area contributed by atoms with Crippen molar-refractivity contribution in [3.63, 3.8) is 0 Å². The second-order valence-electron chi connectivity index (χ2n) is 8.98. The molecule has 1 aliphatic heterocycles. The van der Waals surface area contributed by atoms with Gasteiger partial charge in [-0.2, -0.15) is 0 Å². The molecule has 8 heteroatoms. The third kappa shape index (κ3) is 4.09. The Morgan fingerprint density at radius 2 is 1.92 bits per heavy atom. The number of methoxy groups -OCH3 is 1. The summed E-state index contributed by atoms with van der Waals surface area (Å²) in [4.78, 5) is 20.0. The summed E-state index contributed by atoms with van der Waals surface area (Å²) in [5, 5.41) is 0. The van der Waals surface area contributed by atoms with Gasteiger partial charge in [-0.25, -0.2) is 13.8 Å². The van der Waals surface area contributed by atoms with Gasteiger partial charge in [-0.15, -0.1) is 0 Å². The predicted octanol–water partition coefficient (Wildman–Crippen LogP) is 6.30. The number of ether oxygens (including phenoxy) is 1. The van der Waals surface area contributed by atoms with E-state index in [1.807, 2.05) is 41.3 Å². The Bertz CT molecular complexity index is 1400. The third-order valence-corrected chi connectivity index (χ3v) is 7.52. The van der Waals surface area contributed by atoms with Crippen molar-refractivity contribution in [2.45, 2.75) is 31.2 Å². The van der Waals surface area contributed by atoms with Gasteiger partial charge in [0.2, 0.25) is 5.91 Å². The maximum Gasteiger partial charge on any atom is 0.238 e. The van der Waals surface area contributed by atoms with Gasteiger partial charge in [0, 0.05) is 16.1 Å².